The monoisotopic (exact) mass is 254 g/mol. The van der Waals surface area contributed by atoms with Gasteiger partial charge in [-0.3, -0.25) is 5.10 Å². The summed E-state index contributed by atoms with van der Waals surface area (Å²) >= 11 is 10.9. The van der Waals surface area contributed by atoms with E-state index in [1.54, 1.807) is 12.1 Å². The normalized spacial score (nSPS) is 10.4. The lowest BCUT2D eigenvalue weighted by atomic mass is 10.0. The molecule has 5 heteroatoms. The Balaban J connectivity index is 2.67. The molecule has 0 aliphatic carbocycles. The van der Waals surface area contributed by atoms with Gasteiger partial charge in [0, 0.05) is 5.56 Å². The lowest BCUT2D eigenvalue weighted by Crippen LogP contribution is -1.90. The minimum absolute atomic E-state index is 0.267. The molecule has 0 unspecified atom stereocenters. The predicted octanol–water partition coefficient (Wildman–Crippen LogP) is 3.91. The molecule has 0 bridgehead atoms. The highest BCUT2D eigenvalue weighted by Crippen LogP contribution is 2.25. The van der Waals surface area contributed by atoms with Crippen molar-refractivity contribution in [2.24, 2.45) is 0 Å². The van der Waals surface area contributed by atoms with Gasteiger partial charge in [0.25, 0.3) is 0 Å². The van der Waals surface area contributed by atoms with E-state index in [-0.39, 0.29) is 5.82 Å². The van der Waals surface area contributed by atoms with Gasteiger partial charge in [-0.2, -0.15) is 5.10 Å². The second-order valence-electron chi connectivity index (χ2n) is 3.39. The van der Waals surface area contributed by atoms with Gasteiger partial charge in [-0.05, 0) is 36.2 Å². The summed E-state index contributed by atoms with van der Waals surface area (Å²) in [7, 11) is 0. The van der Waals surface area contributed by atoms with Crippen LogP contribution in [0.2, 0.25) is 5.15 Å². The van der Waals surface area contributed by atoms with E-state index >= 15 is 0 Å². The molecular formula is C11H8ClFN2S. The molecular weight excluding hydrogens is 247 g/mol. The van der Waals surface area contributed by atoms with Gasteiger partial charge in [-0.25, -0.2) is 4.39 Å². The Kier molecular flexibility index (Phi) is 3.03. The molecule has 2 rings (SSSR count). The Morgan fingerprint density at radius 3 is 2.75 bits per heavy atom. The Bertz CT molecular complexity index is 595. The lowest BCUT2D eigenvalue weighted by Gasteiger charge is -2.06. The van der Waals surface area contributed by atoms with E-state index in [0.29, 0.717) is 9.79 Å². The summed E-state index contributed by atoms with van der Waals surface area (Å²) in [6.45, 7) is 1.82. The number of aromatic amines is 1. The van der Waals surface area contributed by atoms with E-state index in [4.69, 9.17) is 23.8 Å². The van der Waals surface area contributed by atoms with Crippen molar-refractivity contribution in [1.82, 2.24) is 10.2 Å². The highest BCUT2D eigenvalue weighted by Gasteiger charge is 2.06. The van der Waals surface area contributed by atoms with Crippen molar-refractivity contribution in [3.05, 3.63) is 45.4 Å². The maximum absolute atomic E-state index is 13.0. The Hall–Kier alpha value is -1.26. The molecule has 0 aliphatic rings. The zero-order chi connectivity index (χ0) is 11.7. The number of H-pyrrole nitrogens is 1. The molecule has 0 saturated carbocycles. The van der Waals surface area contributed by atoms with Gasteiger partial charge in [0.2, 0.25) is 0 Å². The van der Waals surface area contributed by atoms with Crippen LogP contribution in [0.3, 0.4) is 0 Å². The Morgan fingerprint density at radius 2 is 2.06 bits per heavy atom. The third-order valence-electron chi connectivity index (χ3n) is 2.25. The molecule has 1 aromatic heterocycles. The summed E-state index contributed by atoms with van der Waals surface area (Å²) < 4.78 is 13.5. The van der Waals surface area contributed by atoms with Gasteiger partial charge in [0.1, 0.15) is 15.6 Å². The lowest BCUT2D eigenvalue weighted by molar-refractivity contribution is 0.627. The van der Waals surface area contributed by atoms with Gasteiger partial charge in [0.15, 0.2) is 0 Å². The minimum Gasteiger partial charge on any atom is -0.266 e. The fourth-order valence-electron chi connectivity index (χ4n) is 1.51. The second kappa shape index (κ2) is 4.31. The number of hydrogen-bond acceptors (Lipinski definition) is 2. The second-order valence-corrected chi connectivity index (χ2v) is 4.19. The maximum atomic E-state index is 13.0. The van der Waals surface area contributed by atoms with Crippen LogP contribution in [0, 0.1) is 17.4 Å². The molecule has 0 spiro atoms. The van der Waals surface area contributed by atoms with Crippen molar-refractivity contribution in [2.75, 3.05) is 0 Å². The van der Waals surface area contributed by atoms with Crippen molar-refractivity contribution in [2.45, 2.75) is 6.92 Å². The zero-order valence-corrected chi connectivity index (χ0v) is 9.99. The van der Waals surface area contributed by atoms with E-state index in [1.807, 2.05) is 6.92 Å². The Morgan fingerprint density at radius 1 is 1.31 bits per heavy atom. The summed E-state index contributed by atoms with van der Waals surface area (Å²) in [6, 6.07) is 6.20. The number of hydrogen-bond donors (Lipinski definition) is 1. The van der Waals surface area contributed by atoms with E-state index in [9.17, 15) is 4.39 Å². The van der Waals surface area contributed by atoms with Crippen molar-refractivity contribution in [3.63, 3.8) is 0 Å². The van der Waals surface area contributed by atoms with Crippen molar-refractivity contribution < 1.29 is 4.39 Å². The van der Waals surface area contributed by atoms with Gasteiger partial charge >= 0.3 is 0 Å². The quantitative estimate of drug-likeness (QED) is 0.782. The van der Waals surface area contributed by atoms with Crippen LogP contribution in [0.1, 0.15) is 5.56 Å². The number of halogens is 2. The fourth-order valence-corrected chi connectivity index (χ4v) is 1.88. The molecule has 0 atom stereocenters. The number of nitrogens with one attached hydrogen (secondary N) is 1. The first-order valence-electron chi connectivity index (χ1n) is 4.59. The van der Waals surface area contributed by atoms with Crippen LogP contribution < -0.4 is 0 Å². The molecule has 0 saturated heterocycles. The summed E-state index contributed by atoms with van der Waals surface area (Å²) in [4.78, 5) is 0. The van der Waals surface area contributed by atoms with Gasteiger partial charge in [0.05, 0.1) is 0 Å². The molecule has 2 nitrogen and oxygen atoms in total. The molecule has 1 heterocycles. The standard InChI is InChI=1S/C11H8ClFN2S/c1-6-4-7(13)2-3-8(6)9-5-10(12)14-15-11(9)16/h2-5H,1H3,(H,15,16). The third kappa shape index (κ3) is 2.13. The number of aryl methyl sites for hydroxylation is 1. The van der Waals surface area contributed by atoms with E-state index in [0.717, 1.165) is 16.7 Å². The topological polar surface area (TPSA) is 28.7 Å². The minimum atomic E-state index is -0.267. The average Bonchev–Trinajstić information content (AvgIpc) is 2.22. The van der Waals surface area contributed by atoms with Gasteiger partial charge in [-0.15, -0.1) is 0 Å². The number of aromatic nitrogens is 2. The van der Waals surface area contributed by atoms with Crippen LogP contribution in [0.15, 0.2) is 24.3 Å². The van der Waals surface area contributed by atoms with Crippen molar-refractivity contribution >= 4 is 23.8 Å². The molecule has 0 radical (unpaired) electrons. The largest absolute Gasteiger partial charge is 0.266 e. The molecule has 1 aromatic carbocycles. The fraction of sp³-hybridized carbons (Fsp3) is 0.0909. The Labute approximate surface area is 102 Å². The van der Waals surface area contributed by atoms with Crippen LogP contribution >= 0.6 is 23.8 Å². The first-order valence-corrected chi connectivity index (χ1v) is 5.38. The number of nitrogens with zero attached hydrogens (tertiary/aromatic N) is 1. The zero-order valence-electron chi connectivity index (χ0n) is 8.42. The number of benzene rings is 1. The first kappa shape index (κ1) is 11.2. The molecule has 1 N–H and O–H groups in total. The predicted molar refractivity (Wildman–Crippen MR) is 64.6 cm³/mol. The number of rotatable bonds is 1. The maximum Gasteiger partial charge on any atom is 0.150 e. The molecule has 0 amide bonds. The van der Waals surface area contributed by atoms with Gasteiger partial charge in [-0.1, -0.05) is 29.9 Å². The van der Waals surface area contributed by atoms with Crippen LogP contribution in [-0.2, 0) is 0 Å². The van der Waals surface area contributed by atoms with Gasteiger partial charge < -0.3 is 0 Å². The average molecular weight is 255 g/mol. The van der Waals surface area contributed by atoms with E-state index < -0.39 is 0 Å². The van der Waals surface area contributed by atoms with Crippen LogP contribution in [0.25, 0.3) is 11.1 Å². The molecule has 2 aromatic rings. The molecule has 0 fully saturated rings. The highest BCUT2D eigenvalue weighted by molar-refractivity contribution is 7.71. The summed E-state index contributed by atoms with van der Waals surface area (Å²) in [5.41, 5.74) is 2.42. The molecule has 16 heavy (non-hydrogen) atoms. The summed E-state index contributed by atoms with van der Waals surface area (Å²) in [6.07, 6.45) is 0. The van der Waals surface area contributed by atoms with Crippen molar-refractivity contribution in [1.29, 1.82) is 0 Å². The summed E-state index contributed by atoms with van der Waals surface area (Å²) in [5.74, 6) is -0.267. The van der Waals surface area contributed by atoms with Crippen LogP contribution in [-0.4, -0.2) is 10.2 Å². The molecule has 0 aliphatic heterocycles. The molecule has 82 valence electrons. The van der Waals surface area contributed by atoms with Crippen LogP contribution in [0.4, 0.5) is 4.39 Å². The van der Waals surface area contributed by atoms with E-state index in [1.165, 1.54) is 12.1 Å². The SMILES string of the molecule is Cc1cc(F)ccc1-c1cc(Cl)n[nH]c1=S. The highest BCUT2D eigenvalue weighted by atomic mass is 35.5. The smallest absolute Gasteiger partial charge is 0.150 e. The third-order valence-corrected chi connectivity index (χ3v) is 2.76. The van der Waals surface area contributed by atoms with E-state index in [2.05, 4.69) is 10.2 Å². The first-order chi connectivity index (χ1) is 7.58. The van der Waals surface area contributed by atoms with Crippen molar-refractivity contribution in [3.8, 4) is 11.1 Å². The summed E-state index contributed by atoms with van der Waals surface area (Å²) in [5, 5.41) is 6.75. The van der Waals surface area contributed by atoms with Crippen LogP contribution in [0.5, 0.6) is 0 Å².